The molecule has 0 saturated heterocycles. The van der Waals surface area contributed by atoms with Gasteiger partial charge in [-0.05, 0) is 16.7 Å². The first kappa shape index (κ1) is 44.1. The lowest BCUT2D eigenvalue weighted by Gasteiger charge is -2.34. The van der Waals surface area contributed by atoms with Gasteiger partial charge in [-0.25, -0.2) is 0 Å². The predicted octanol–water partition coefficient (Wildman–Crippen LogP) is -1.51. The highest BCUT2D eigenvalue weighted by Gasteiger charge is 2.21. The van der Waals surface area contributed by atoms with E-state index in [-0.39, 0.29) is 37.2 Å². The predicted molar refractivity (Wildman–Crippen MR) is 175 cm³/mol. The van der Waals surface area contributed by atoms with E-state index in [2.05, 4.69) is 125 Å². The summed E-state index contributed by atoms with van der Waals surface area (Å²) in [5.74, 6) is 0. The number of halogens is 3. The van der Waals surface area contributed by atoms with Crippen LogP contribution >= 0.6 is 0 Å². The molecule has 0 heterocycles. The lowest BCUT2D eigenvalue weighted by Crippen LogP contribution is -3.00. The van der Waals surface area contributed by atoms with Gasteiger partial charge < -0.3 is 50.7 Å². The minimum Gasteiger partial charge on any atom is -1.00 e. The molecule has 234 valence electrons. The minimum absolute atomic E-state index is 0. The molecule has 0 aromatic heterocycles. The average Bonchev–Trinajstić information content (AvgIpc) is 2.88. The Balaban J connectivity index is -0.000000559. The summed E-state index contributed by atoms with van der Waals surface area (Å²) in [5, 5.41) is 0. The van der Waals surface area contributed by atoms with Gasteiger partial charge in [-0.15, -0.1) is 0 Å². The Kier molecular flexibility index (Phi) is 22.4. The van der Waals surface area contributed by atoms with Crippen molar-refractivity contribution in [2.24, 2.45) is 0 Å². The van der Waals surface area contributed by atoms with Crippen LogP contribution in [0.5, 0.6) is 0 Å². The number of quaternary nitrogens is 3. The van der Waals surface area contributed by atoms with Gasteiger partial charge in [-0.2, -0.15) is 0 Å². The van der Waals surface area contributed by atoms with Gasteiger partial charge in [0.05, 0.1) is 56.4 Å². The molecule has 0 bridgehead atoms. The molecule has 3 aromatic rings. The third-order valence-electron chi connectivity index (χ3n) is 6.20. The maximum Gasteiger partial charge on any atom is 0.128 e. The zero-order valence-electron chi connectivity index (χ0n) is 27.2. The lowest BCUT2D eigenvalue weighted by atomic mass is 10.1. The molecule has 0 unspecified atom stereocenters. The Morgan fingerprint density at radius 1 is 0.476 bits per heavy atom. The van der Waals surface area contributed by atoms with Crippen LogP contribution in [-0.2, 0) is 13.1 Å². The first-order valence-corrected chi connectivity index (χ1v) is 13.7. The van der Waals surface area contributed by atoms with Crippen molar-refractivity contribution < 1.29 is 50.7 Å². The van der Waals surface area contributed by atoms with Crippen LogP contribution in [0.2, 0.25) is 0 Å². The number of likely N-dealkylation sites (N-methyl/N-ethyl adjacent to an activating group) is 2. The Labute approximate surface area is 276 Å². The fourth-order valence-electron chi connectivity index (χ4n) is 3.97. The Morgan fingerprint density at radius 3 is 1.24 bits per heavy atom. The highest BCUT2D eigenvalue weighted by atomic mass is 35.5. The van der Waals surface area contributed by atoms with Crippen LogP contribution in [0.25, 0.3) is 18.2 Å². The number of rotatable bonds is 10. The van der Waals surface area contributed by atoms with E-state index in [1.165, 1.54) is 40.9 Å². The molecule has 3 nitrogen and oxygen atoms in total. The number of hydrogen-bond donors (Lipinski definition) is 0. The minimum atomic E-state index is 0. The van der Waals surface area contributed by atoms with Crippen LogP contribution < -0.4 is 37.2 Å². The molecule has 0 N–H and O–H groups in total. The summed E-state index contributed by atoms with van der Waals surface area (Å²) in [6, 6.07) is 27.0. The Hall–Kier alpha value is -2.37. The fourth-order valence-corrected chi connectivity index (χ4v) is 3.97. The fraction of sp³-hybridized carbons (Fsp3) is 0.333. The van der Waals surface area contributed by atoms with Gasteiger partial charge in [0.15, 0.2) is 0 Å². The van der Waals surface area contributed by atoms with Crippen LogP contribution in [0, 0.1) is 0 Å². The molecule has 3 aromatic carbocycles. The summed E-state index contributed by atoms with van der Waals surface area (Å²) in [6.07, 6.45) is 5.71. The van der Waals surface area contributed by atoms with E-state index < -0.39 is 0 Å². The van der Waals surface area contributed by atoms with Crippen LogP contribution in [0.1, 0.15) is 27.8 Å². The summed E-state index contributed by atoms with van der Waals surface area (Å²) in [6.45, 7) is 15.8. The van der Waals surface area contributed by atoms with Crippen molar-refractivity contribution in [1.29, 1.82) is 0 Å². The largest absolute Gasteiger partial charge is 1.00 e. The van der Waals surface area contributed by atoms with E-state index in [9.17, 15) is 0 Å². The molecule has 0 spiro atoms. The average molecular weight is 635 g/mol. The van der Waals surface area contributed by atoms with Crippen molar-refractivity contribution in [1.82, 2.24) is 0 Å². The molecule has 0 radical (unpaired) electrons. The van der Waals surface area contributed by atoms with E-state index in [1.807, 2.05) is 48.6 Å². The first-order chi connectivity index (χ1) is 18.2. The normalized spacial score (nSPS) is 10.5. The second-order valence-electron chi connectivity index (χ2n) is 12.7. The molecule has 0 aliphatic heterocycles. The second kappa shape index (κ2) is 21.3. The van der Waals surface area contributed by atoms with E-state index >= 15 is 0 Å². The van der Waals surface area contributed by atoms with Crippen molar-refractivity contribution in [2.45, 2.75) is 13.1 Å². The summed E-state index contributed by atoms with van der Waals surface area (Å²) >= 11 is 0. The highest BCUT2D eigenvalue weighted by molar-refractivity contribution is 5.52. The summed E-state index contributed by atoms with van der Waals surface area (Å²) < 4.78 is 2.98. The van der Waals surface area contributed by atoms with E-state index in [0.717, 1.165) is 26.5 Å². The van der Waals surface area contributed by atoms with Crippen molar-refractivity contribution in [3.63, 3.8) is 0 Å². The Morgan fingerprint density at radius 2 is 0.881 bits per heavy atom. The van der Waals surface area contributed by atoms with Crippen LogP contribution in [-0.4, -0.2) is 82.9 Å². The molecule has 42 heavy (non-hydrogen) atoms. The number of hydrogen-bond acceptors (Lipinski definition) is 0. The molecule has 0 aliphatic rings. The highest BCUT2D eigenvalue weighted by Crippen LogP contribution is 2.16. The molecule has 0 saturated carbocycles. The molecule has 0 amide bonds. The van der Waals surface area contributed by atoms with E-state index in [0.29, 0.717) is 0 Å². The lowest BCUT2D eigenvalue weighted by molar-refractivity contribution is -0.945. The SMILES string of the molecule is C=Cc1ccccc1.C=Cc1ccccc1C[N+](C)(C)C.C=Cc1ccccc1C[N+](C)(C)CC[N+](C)(C)C.[Cl-].[Cl-].[Cl-]. The van der Waals surface area contributed by atoms with Crippen molar-refractivity contribution >= 4 is 18.2 Å². The third-order valence-corrected chi connectivity index (χ3v) is 6.20. The Bertz CT molecular complexity index is 1160. The second-order valence-corrected chi connectivity index (χ2v) is 12.7. The maximum atomic E-state index is 3.90. The number of benzene rings is 3. The van der Waals surface area contributed by atoms with Gasteiger partial charge in [0.25, 0.3) is 0 Å². The van der Waals surface area contributed by atoms with Crippen LogP contribution in [0.3, 0.4) is 0 Å². The molecular weight excluding hydrogens is 581 g/mol. The van der Waals surface area contributed by atoms with Gasteiger partial charge in [0.2, 0.25) is 0 Å². The van der Waals surface area contributed by atoms with Crippen LogP contribution in [0.4, 0.5) is 0 Å². The van der Waals surface area contributed by atoms with Gasteiger partial charge in [-0.3, -0.25) is 0 Å². The van der Waals surface area contributed by atoms with Gasteiger partial charge in [0.1, 0.15) is 26.2 Å². The quantitative estimate of drug-likeness (QED) is 0.238. The maximum absolute atomic E-state index is 3.90. The number of nitrogens with zero attached hydrogens (tertiary/aromatic N) is 3. The van der Waals surface area contributed by atoms with Gasteiger partial charge in [-0.1, -0.05) is 117 Å². The van der Waals surface area contributed by atoms with Gasteiger partial charge in [0, 0.05) is 11.1 Å². The van der Waals surface area contributed by atoms with E-state index in [1.54, 1.807) is 0 Å². The first-order valence-electron chi connectivity index (χ1n) is 13.7. The molecule has 0 atom stereocenters. The smallest absolute Gasteiger partial charge is 0.128 e. The summed E-state index contributed by atoms with van der Waals surface area (Å²) in [5.41, 5.74) is 6.43. The van der Waals surface area contributed by atoms with Gasteiger partial charge >= 0.3 is 0 Å². The standard InChI is InChI=1S/C16H28N2.C12H18N.C8H8.3ClH/c1-7-15-10-8-9-11-16(15)14-18(5,6)13-12-17(2,3)4;1-5-11-8-6-7-9-12(11)10-13(2,3)4;1-2-8-6-4-3-5-7-8;;;/h7-11H,1,12-14H2,2-6H3;5-9H,1,10H2,2-4H3;2-7H,1H2;3*1H/q+2;+1;;;;/p-3. The molecule has 0 fully saturated rings. The summed E-state index contributed by atoms with van der Waals surface area (Å²) in [7, 11) is 17.9. The molecule has 0 aliphatic carbocycles. The van der Waals surface area contributed by atoms with Crippen molar-refractivity contribution in [3.05, 3.63) is 126 Å². The third kappa shape index (κ3) is 19.7. The zero-order chi connectivity index (χ0) is 29.5. The molecular formula is C36H54Cl3N3. The monoisotopic (exact) mass is 633 g/mol. The van der Waals surface area contributed by atoms with Crippen molar-refractivity contribution in [3.8, 4) is 0 Å². The van der Waals surface area contributed by atoms with Crippen LogP contribution in [0.15, 0.2) is 98.6 Å². The molecule has 6 heteroatoms. The van der Waals surface area contributed by atoms with E-state index in [4.69, 9.17) is 0 Å². The zero-order valence-corrected chi connectivity index (χ0v) is 29.4. The van der Waals surface area contributed by atoms with Crippen molar-refractivity contribution in [2.75, 3.05) is 69.5 Å². The topological polar surface area (TPSA) is 0 Å². The summed E-state index contributed by atoms with van der Waals surface area (Å²) in [4.78, 5) is 0. The molecule has 3 rings (SSSR count).